The van der Waals surface area contributed by atoms with Crippen LogP contribution in [0.3, 0.4) is 0 Å². The van der Waals surface area contributed by atoms with Crippen LogP contribution in [0.2, 0.25) is 0 Å². The van der Waals surface area contributed by atoms with Crippen molar-refractivity contribution in [3.05, 3.63) is 12.2 Å². The Labute approximate surface area is 94.0 Å². The van der Waals surface area contributed by atoms with E-state index in [0.717, 1.165) is 12.8 Å². The van der Waals surface area contributed by atoms with Crippen molar-refractivity contribution in [3.63, 3.8) is 0 Å². The van der Waals surface area contributed by atoms with E-state index in [1.54, 1.807) is 13.0 Å². The fourth-order valence-electron chi connectivity index (χ4n) is 1.81. The highest BCUT2D eigenvalue weighted by Crippen LogP contribution is 2.17. The average molecular weight is 214 g/mol. The van der Waals surface area contributed by atoms with Gasteiger partial charge in [0, 0.05) is 6.42 Å². The van der Waals surface area contributed by atoms with Gasteiger partial charge in [-0.25, -0.2) is 0 Å². The summed E-state index contributed by atoms with van der Waals surface area (Å²) in [4.78, 5) is 0. The second kappa shape index (κ2) is 7.89. The Kier molecular flexibility index (Phi) is 7.71. The predicted molar refractivity (Wildman–Crippen MR) is 64.8 cm³/mol. The zero-order valence-corrected chi connectivity index (χ0v) is 10.4. The first-order chi connectivity index (χ1) is 7.02. The third kappa shape index (κ3) is 8.64. The molecule has 2 heteroatoms. The monoisotopic (exact) mass is 214 g/mol. The molecule has 0 aliphatic rings. The molecule has 90 valence electrons. The van der Waals surface area contributed by atoms with E-state index in [-0.39, 0.29) is 6.10 Å². The van der Waals surface area contributed by atoms with E-state index in [1.165, 1.54) is 19.3 Å². The minimum atomic E-state index is -0.862. The summed E-state index contributed by atoms with van der Waals surface area (Å²) in [6.45, 7) is 5.79. The van der Waals surface area contributed by atoms with Gasteiger partial charge in [0.15, 0.2) is 0 Å². The van der Waals surface area contributed by atoms with Crippen LogP contribution in [0, 0.1) is 0 Å². The van der Waals surface area contributed by atoms with Gasteiger partial charge in [0.05, 0.1) is 11.7 Å². The van der Waals surface area contributed by atoms with Crippen LogP contribution in [0.25, 0.3) is 0 Å². The van der Waals surface area contributed by atoms with Gasteiger partial charge in [-0.15, -0.1) is 0 Å². The van der Waals surface area contributed by atoms with E-state index in [4.69, 9.17) is 0 Å². The molecule has 2 atom stereocenters. The van der Waals surface area contributed by atoms with Crippen LogP contribution in [0.5, 0.6) is 0 Å². The molecule has 2 nitrogen and oxygen atoms in total. The summed E-state index contributed by atoms with van der Waals surface area (Å²) >= 11 is 0. The van der Waals surface area contributed by atoms with Gasteiger partial charge in [-0.05, 0) is 20.3 Å². The van der Waals surface area contributed by atoms with Crippen LogP contribution in [-0.2, 0) is 0 Å². The maximum absolute atomic E-state index is 9.84. The van der Waals surface area contributed by atoms with Crippen molar-refractivity contribution >= 4 is 0 Å². The Morgan fingerprint density at radius 2 is 1.93 bits per heavy atom. The number of rotatable bonds is 8. The third-order valence-electron chi connectivity index (χ3n) is 2.57. The zero-order valence-electron chi connectivity index (χ0n) is 10.4. The first-order valence-electron chi connectivity index (χ1n) is 6.06. The molecule has 15 heavy (non-hydrogen) atoms. The lowest BCUT2D eigenvalue weighted by atomic mass is 9.95. The molecule has 0 saturated heterocycles. The fourth-order valence-corrected chi connectivity index (χ4v) is 1.81. The quantitative estimate of drug-likeness (QED) is 0.481. The number of hydrogen-bond donors (Lipinski definition) is 2. The van der Waals surface area contributed by atoms with Crippen LogP contribution in [0.4, 0.5) is 0 Å². The van der Waals surface area contributed by atoms with Gasteiger partial charge < -0.3 is 10.2 Å². The van der Waals surface area contributed by atoms with Crippen LogP contribution in [0.1, 0.15) is 59.3 Å². The number of unbranched alkanes of at least 4 members (excludes halogenated alkanes) is 3. The van der Waals surface area contributed by atoms with Gasteiger partial charge in [0.1, 0.15) is 0 Å². The van der Waals surface area contributed by atoms with Crippen molar-refractivity contribution < 1.29 is 10.2 Å². The van der Waals surface area contributed by atoms with Gasteiger partial charge in [-0.3, -0.25) is 0 Å². The van der Waals surface area contributed by atoms with E-state index < -0.39 is 5.60 Å². The summed E-state index contributed by atoms with van der Waals surface area (Å²) in [5, 5.41) is 19.6. The minimum absolute atomic E-state index is 0.381. The standard InChI is InChI=1S/C13H26O2/c1-4-6-7-8-9-12(14)11-13(3,15)10-5-2/h5,10,12,14-15H,4,6-9,11H2,1-3H3/b10-5+/t12-,13+/m1/s1. The summed E-state index contributed by atoms with van der Waals surface area (Å²) < 4.78 is 0. The van der Waals surface area contributed by atoms with E-state index >= 15 is 0 Å². The molecule has 0 aliphatic carbocycles. The van der Waals surface area contributed by atoms with E-state index in [2.05, 4.69) is 6.92 Å². The second-order valence-corrected chi connectivity index (χ2v) is 4.56. The SMILES string of the molecule is C/C=C/[C@](C)(O)C[C@H](O)CCCCCC. The van der Waals surface area contributed by atoms with E-state index in [9.17, 15) is 10.2 Å². The summed E-state index contributed by atoms with van der Waals surface area (Å²) in [6.07, 6.45) is 9.10. The minimum Gasteiger partial charge on any atom is -0.393 e. The number of aliphatic hydroxyl groups excluding tert-OH is 1. The largest absolute Gasteiger partial charge is 0.393 e. The molecule has 0 aromatic carbocycles. The van der Waals surface area contributed by atoms with Crippen LogP contribution < -0.4 is 0 Å². The number of aliphatic hydroxyl groups is 2. The number of allylic oxidation sites excluding steroid dienone is 1. The molecule has 0 rings (SSSR count). The Morgan fingerprint density at radius 3 is 2.47 bits per heavy atom. The molecule has 0 fully saturated rings. The smallest absolute Gasteiger partial charge is 0.0824 e. The lowest BCUT2D eigenvalue weighted by Crippen LogP contribution is -2.27. The van der Waals surface area contributed by atoms with Gasteiger partial charge in [-0.1, -0.05) is 44.8 Å². The molecule has 0 saturated carbocycles. The van der Waals surface area contributed by atoms with Crippen LogP contribution in [0.15, 0.2) is 12.2 Å². The topological polar surface area (TPSA) is 40.5 Å². The predicted octanol–water partition coefficient (Wildman–Crippen LogP) is 3.03. The molecule has 0 heterocycles. The van der Waals surface area contributed by atoms with E-state index in [0.29, 0.717) is 6.42 Å². The summed E-state index contributed by atoms with van der Waals surface area (Å²) in [7, 11) is 0. The summed E-state index contributed by atoms with van der Waals surface area (Å²) in [6, 6.07) is 0. The second-order valence-electron chi connectivity index (χ2n) is 4.56. The Hall–Kier alpha value is -0.340. The molecule has 0 bridgehead atoms. The van der Waals surface area contributed by atoms with E-state index in [1.807, 2.05) is 13.0 Å². The molecule has 0 amide bonds. The molecule has 0 aromatic rings. The van der Waals surface area contributed by atoms with Crippen molar-refractivity contribution in [2.24, 2.45) is 0 Å². The van der Waals surface area contributed by atoms with Crippen molar-refractivity contribution in [3.8, 4) is 0 Å². The van der Waals surface area contributed by atoms with Crippen LogP contribution >= 0.6 is 0 Å². The molecule has 0 spiro atoms. The third-order valence-corrected chi connectivity index (χ3v) is 2.57. The first kappa shape index (κ1) is 14.7. The number of hydrogen-bond acceptors (Lipinski definition) is 2. The maximum atomic E-state index is 9.84. The van der Waals surface area contributed by atoms with Crippen molar-refractivity contribution in [1.29, 1.82) is 0 Å². The highest BCUT2D eigenvalue weighted by Gasteiger charge is 2.20. The molecule has 0 aromatic heterocycles. The lowest BCUT2D eigenvalue weighted by Gasteiger charge is -2.22. The molecular formula is C13H26O2. The summed E-state index contributed by atoms with van der Waals surface area (Å²) in [5.74, 6) is 0. The maximum Gasteiger partial charge on any atom is 0.0824 e. The molecular weight excluding hydrogens is 188 g/mol. The van der Waals surface area contributed by atoms with Crippen molar-refractivity contribution in [1.82, 2.24) is 0 Å². The fraction of sp³-hybridized carbons (Fsp3) is 0.846. The molecule has 0 unspecified atom stereocenters. The first-order valence-corrected chi connectivity index (χ1v) is 6.06. The molecule has 0 radical (unpaired) electrons. The Balaban J connectivity index is 3.68. The van der Waals surface area contributed by atoms with Crippen molar-refractivity contribution in [2.75, 3.05) is 0 Å². The molecule has 2 N–H and O–H groups in total. The van der Waals surface area contributed by atoms with Gasteiger partial charge in [0.2, 0.25) is 0 Å². The average Bonchev–Trinajstić information content (AvgIpc) is 2.11. The Bertz CT molecular complexity index is 173. The summed E-state index contributed by atoms with van der Waals surface area (Å²) in [5.41, 5.74) is -0.862. The van der Waals surface area contributed by atoms with Gasteiger partial charge in [0.25, 0.3) is 0 Å². The zero-order chi connectivity index (χ0) is 11.7. The Morgan fingerprint density at radius 1 is 1.27 bits per heavy atom. The lowest BCUT2D eigenvalue weighted by molar-refractivity contribution is 0.0358. The highest BCUT2D eigenvalue weighted by molar-refractivity contribution is 4.97. The highest BCUT2D eigenvalue weighted by atomic mass is 16.3. The van der Waals surface area contributed by atoms with Crippen LogP contribution in [-0.4, -0.2) is 21.9 Å². The van der Waals surface area contributed by atoms with Crippen molar-refractivity contribution in [2.45, 2.75) is 71.0 Å². The normalized spacial score (nSPS) is 17.9. The van der Waals surface area contributed by atoms with Gasteiger partial charge >= 0.3 is 0 Å². The van der Waals surface area contributed by atoms with Gasteiger partial charge in [-0.2, -0.15) is 0 Å². The molecule has 0 aliphatic heterocycles.